The summed E-state index contributed by atoms with van der Waals surface area (Å²) in [5.74, 6) is 0.795. The van der Waals surface area contributed by atoms with E-state index < -0.39 is 11.4 Å². The van der Waals surface area contributed by atoms with Crippen molar-refractivity contribution in [3.63, 3.8) is 0 Å². The van der Waals surface area contributed by atoms with E-state index in [4.69, 9.17) is 25.5 Å². The zero-order valence-electron chi connectivity index (χ0n) is 19.2. The summed E-state index contributed by atoms with van der Waals surface area (Å²) < 4.78 is 18.2. The van der Waals surface area contributed by atoms with Gasteiger partial charge in [-0.25, -0.2) is 0 Å². The number of benzene rings is 2. The van der Waals surface area contributed by atoms with E-state index in [1.54, 1.807) is 36.4 Å². The molecule has 0 aliphatic heterocycles. The van der Waals surface area contributed by atoms with Crippen molar-refractivity contribution in [2.45, 2.75) is 19.3 Å². The first-order chi connectivity index (χ1) is 17.0. The van der Waals surface area contributed by atoms with Gasteiger partial charge in [-0.15, -0.1) is 16.8 Å². The van der Waals surface area contributed by atoms with E-state index in [9.17, 15) is 9.90 Å². The number of aromatic hydroxyl groups is 1. The highest BCUT2D eigenvalue weighted by Gasteiger charge is 2.26. The third-order valence-electron chi connectivity index (χ3n) is 5.28. The average Bonchev–Trinajstić information content (AvgIpc) is 3.31. The maximum Gasteiger partial charge on any atom is 0.289 e. The number of hydrogen-bond donors (Lipinski definition) is 1. The van der Waals surface area contributed by atoms with Crippen LogP contribution in [0.3, 0.4) is 0 Å². The molecule has 2 heterocycles. The van der Waals surface area contributed by atoms with Gasteiger partial charge in [0, 0.05) is 11.4 Å². The van der Waals surface area contributed by atoms with Crippen molar-refractivity contribution in [3.05, 3.63) is 87.8 Å². The lowest BCUT2D eigenvalue weighted by molar-refractivity contribution is 0.379. The predicted octanol–water partition coefficient (Wildman–Crippen LogP) is 4.37. The fraction of sp³-hybridized carbons (Fsp3) is 0.200. The molecule has 4 rings (SSSR count). The minimum Gasteiger partial charge on any atom is -0.494 e. The first-order valence-electron chi connectivity index (χ1n) is 10.7. The molecule has 0 spiro atoms. The molecule has 0 unspecified atom stereocenters. The normalized spacial score (nSPS) is 10.8. The van der Waals surface area contributed by atoms with E-state index in [1.807, 2.05) is 12.1 Å². The molecule has 2 aromatic carbocycles. The Morgan fingerprint density at radius 3 is 2.43 bits per heavy atom. The number of nitrogens with zero attached hydrogens (tertiary/aromatic N) is 4. The summed E-state index contributed by atoms with van der Waals surface area (Å²) in [7, 11) is 2.99. The lowest BCUT2D eigenvalue weighted by atomic mass is 10.1. The van der Waals surface area contributed by atoms with Gasteiger partial charge in [0.25, 0.3) is 11.4 Å². The predicted molar refractivity (Wildman–Crippen MR) is 131 cm³/mol. The third kappa shape index (κ3) is 4.90. The van der Waals surface area contributed by atoms with Gasteiger partial charge in [0.15, 0.2) is 5.56 Å². The molecule has 0 aliphatic carbocycles. The number of rotatable bonds is 9. The van der Waals surface area contributed by atoms with Gasteiger partial charge in [-0.05, 0) is 36.2 Å². The summed E-state index contributed by atoms with van der Waals surface area (Å²) in [6.07, 6.45) is 2.88. The Morgan fingerprint density at radius 2 is 1.80 bits per heavy atom. The highest BCUT2D eigenvalue weighted by atomic mass is 35.5. The Bertz CT molecular complexity index is 1390. The number of methoxy groups -OCH3 is 2. The maximum atomic E-state index is 13.0. The second-order valence-corrected chi connectivity index (χ2v) is 7.95. The van der Waals surface area contributed by atoms with Gasteiger partial charge in [0.2, 0.25) is 11.8 Å². The van der Waals surface area contributed by atoms with Gasteiger partial charge in [0.05, 0.1) is 20.6 Å². The van der Waals surface area contributed by atoms with Crippen LogP contribution >= 0.6 is 11.6 Å². The molecule has 35 heavy (non-hydrogen) atoms. The molecule has 0 saturated carbocycles. The number of allylic oxidation sites excluding steroid dienone is 1. The SMILES string of the molecule is C=CCCc1nc(=O)c(-c2nnc(Cc3ccc(Cl)cc3)o2)c(O)n1-c1c(OC)cccc1OC. The van der Waals surface area contributed by atoms with Crippen molar-refractivity contribution in [3.8, 4) is 34.5 Å². The summed E-state index contributed by atoms with van der Waals surface area (Å²) in [6, 6.07) is 12.4. The van der Waals surface area contributed by atoms with Crippen molar-refractivity contribution >= 4 is 11.6 Å². The number of aryl methyl sites for hydroxylation is 1. The number of para-hydroxylation sites is 1. The van der Waals surface area contributed by atoms with Gasteiger partial charge in [0.1, 0.15) is 23.0 Å². The molecule has 9 nitrogen and oxygen atoms in total. The molecular weight excluding hydrogens is 472 g/mol. The highest BCUT2D eigenvalue weighted by Crippen LogP contribution is 2.38. The largest absolute Gasteiger partial charge is 0.494 e. The molecule has 4 aromatic rings. The van der Waals surface area contributed by atoms with Crippen LogP contribution in [-0.4, -0.2) is 39.1 Å². The van der Waals surface area contributed by atoms with E-state index in [2.05, 4.69) is 21.8 Å². The minimum absolute atomic E-state index is 0.151. The highest BCUT2D eigenvalue weighted by molar-refractivity contribution is 6.30. The van der Waals surface area contributed by atoms with Crippen molar-refractivity contribution in [2.24, 2.45) is 0 Å². The first-order valence-corrected chi connectivity index (χ1v) is 11.1. The van der Waals surface area contributed by atoms with E-state index >= 15 is 0 Å². The van der Waals surface area contributed by atoms with Gasteiger partial charge in [-0.1, -0.05) is 35.9 Å². The van der Waals surface area contributed by atoms with Gasteiger partial charge >= 0.3 is 0 Å². The van der Waals surface area contributed by atoms with Crippen molar-refractivity contribution < 1.29 is 19.0 Å². The summed E-state index contributed by atoms with van der Waals surface area (Å²) >= 11 is 5.94. The molecule has 10 heteroatoms. The molecule has 180 valence electrons. The van der Waals surface area contributed by atoms with Crippen molar-refractivity contribution in [1.82, 2.24) is 19.7 Å². The number of halogens is 1. The first kappa shape index (κ1) is 24.0. The molecule has 0 fully saturated rings. The Morgan fingerprint density at radius 1 is 1.11 bits per heavy atom. The third-order valence-corrected chi connectivity index (χ3v) is 5.54. The van der Waals surface area contributed by atoms with E-state index in [1.165, 1.54) is 18.8 Å². The van der Waals surface area contributed by atoms with Crippen LogP contribution in [0.5, 0.6) is 17.4 Å². The molecular formula is C25H23ClN4O5. The summed E-state index contributed by atoms with van der Waals surface area (Å²) in [6.45, 7) is 3.73. The Labute approximate surface area is 206 Å². The second-order valence-electron chi connectivity index (χ2n) is 7.51. The van der Waals surface area contributed by atoms with Crippen LogP contribution in [0.2, 0.25) is 5.02 Å². The van der Waals surface area contributed by atoms with Crippen LogP contribution in [0, 0.1) is 0 Å². The monoisotopic (exact) mass is 494 g/mol. The molecule has 0 atom stereocenters. The van der Waals surface area contributed by atoms with Crippen molar-refractivity contribution in [1.29, 1.82) is 0 Å². The molecule has 0 bridgehead atoms. The minimum atomic E-state index is -0.701. The van der Waals surface area contributed by atoms with Crippen LogP contribution in [0.1, 0.15) is 23.7 Å². The number of aromatic nitrogens is 4. The van der Waals surface area contributed by atoms with Gasteiger partial charge in [-0.3, -0.25) is 9.36 Å². The second kappa shape index (κ2) is 10.4. The zero-order chi connectivity index (χ0) is 24.9. The number of ether oxygens (including phenoxy) is 2. The van der Waals surface area contributed by atoms with Crippen LogP contribution in [0.25, 0.3) is 17.1 Å². The molecule has 0 radical (unpaired) electrons. The quantitative estimate of drug-likeness (QED) is 0.341. The summed E-state index contributed by atoms with van der Waals surface area (Å²) in [5, 5.41) is 20.0. The van der Waals surface area contributed by atoms with Gasteiger partial charge < -0.3 is 19.0 Å². The Kier molecular flexibility index (Phi) is 7.17. The lowest BCUT2D eigenvalue weighted by Gasteiger charge is -2.20. The standard InChI is InChI=1S/C25H23ClN4O5/c1-4-5-9-19-27-23(31)21(24-29-28-20(35-24)14-15-10-12-16(26)13-11-15)25(32)30(19)22-17(33-2)7-6-8-18(22)34-3/h4,6-8,10-13,32H,1,5,9,14H2,2-3H3. The topological polar surface area (TPSA) is 112 Å². The van der Waals surface area contributed by atoms with E-state index in [-0.39, 0.29) is 17.3 Å². The summed E-state index contributed by atoms with van der Waals surface area (Å²) in [5.41, 5.74) is 0.343. The van der Waals surface area contributed by atoms with Crippen LogP contribution in [-0.2, 0) is 12.8 Å². The van der Waals surface area contributed by atoms with Crippen LogP contribution in [0.4, 0.5) is 0 Å². The van der Waals surface area contributed by atoms with E-state index in [0.717, 1.165) is 5.56 Å². The fourth-order valence-electron chi connectivity index (χ4n) is 3.63. The molecule has 0 amide bonds. The molecule has 0 saturated heterocycles. The van der Waals surface area contributed by atoms with Crippen LogP contribution in [0.15, 0.2) is 64.3 Å². The average molecular weight is 495 g/mol. The molecule has 0 aliphatic rings. The van der Waals surface area contributed by atoms with Gasteiger partial charge in [-0.2, -0.15) is 4.98 Å². The Balaban J connectivity index is 1.86. The lowest BCUT2D eigenvalue weighted by Crippen LogP contribution is -2.20. The fourth-order valence-corrected chi connectivity index (χ4v) is 3.75. The molecule has 2 aromatic heterocycles. The van der Waals surface area contributed by atoms with E-state index in [0.29, 0.717) is 47.3 Å². The Hall–Kier alpha value is -4.11. The smallest absolute Gasteiger partial charge is 0.289 e. The number of hydrogen-bond acceptors (Lipinski definition) is 8. The van der Waals surface area contributed by atoms with Crippen molar-refractivity contribution in [2.75, 3.05) is 14.2 Å². The van der Waals surface area contributed by atoms with Crippen LogP contribution < -0.4 is 15.0 Å². The molecule has 1 N–H and O–H groups in total. The zero-order valence-corrected chi connectivity index (χ0v) is 20.0. The maximum absolute atomic E-state index is 13.0. The summed E-state index contributed by atoms with van der Waals surface area (Å²) in [4.78, 5) is 17.2.